The lowest BCUT2D eigenvalue weighted by Crippen LogP contribution is -2.18. The molecule has 0 rings (SSSR count). The number of thiol groups is 1. The lowest BCUT2D eigenvalue weighted by molar-refractivity contribution is -0.113. The van der Waals surface area contributed by atoms with Crippen LogP contribution in [0.5, 0.6) is 0 Å². The van der Waals surface area contributed by atoms with Gasteiger partial charge in [-0.05, 0) is 18.8 Å². The molecule has 0 N–H and O–H groups in total. The van der Waals surface area contributed by atoms with E-state index in [1.807, 2.05) is 0 Å². The van der Waals surface area contributed by atoms with Crippen LogP contribution < -0.4 is 0 Å². The van der Waals surface area contributed by atoms with E-state index in [1.165, 1.54) is 6.42 Å². The Kier molecular flexibility index (Phi) is 6.83. The van der Waals surface area contributed by atoms with Crippen LogP contribution in [0.15, 0.2) is 0 Å². The molecule has 86 valence electrons. The van der Waals surface area contributed by atoms with Gasteiger partial charge in [0.2, 0.25) is 0 Å². The first-order chi connectivity index (χ1) is 6.39. The molecule has 1 atom stereocenters. The summed E-state index contributed by atoms with van der Waals surface area (Å²) in [4.78, 5) is 0. The molecule has 0 amide bonds. The van der Waals surface area contributed by atoms with Crippen LogP contribution in [-0.2, 0) is 9.47 Å². The summed E-state index contributed by atoms with van der Waals surface area (Å²) in [5, 5.41) is 0. The van der Waals surface area contributed by atoms with E-state index in [4.69, 9.17) is 9.47 Å². The van der Waals surface area contributed by atoms with Crippen LogP contribution in [0.25, 0.3) is 0 Å². The Morgan fingerprint density at radius 2 is 1.71 bits per heavy atom. The standard InChI is InChI=1S/C11H24O2S/c1-9(6-7-11(2,3)14)8-10(12-4)13-5/h9-10,14H,6-8H2,1-5H3. The van der Waals surface area contributed by atoms with Crippen molar-refractivity contribution < 1.29 is 9.47 Å². The van der Waals surface area contributed by atoms with Crippen LogP contribution >= 0.6 is 12.6 Å². The van der Waals surface area contributed by atoms with Crippen molar-refractivity contribution in [2.45, 2.75) is 51.1 Å². The first-order valence-corrected chi connectivity index (χ1v) is 5.61. The molecule has 0 fully saturated rings. The molecule has 0 bridgehead atoms. The van der Waals surface area contributed by atoms with E-state index >= 15 is 0 Å². The number of rotatable bonds is 7. The molecule has 0 aromatic carbocycles. The zero-order chi connectivity index (χ0) is 11.2. The maximum absolute atomic E-state index is 5.16. The lowest BCUT2D eigenvalue weighted by atomic mass is 9.96. The monoisotopic (exact) mass is 220 g/mol. The second kappa shape index (κ2) is 6.70. The van der Waals surface area contributed by atoms with Gasteiger partial charge in [-0.1, -0.05) is 20.8 Å². The van der Waals surface area contributed by atoms with Gasteiger partial charge in [-0.2, -0.15) is 12.6 Å². The second-order valence-electron chi connectivity index (χ2n) is 4.59. The molecule has 0 heterocycles. The Morgan fingerprint density at radius 3 is 2.07 bits per heavy atom. The van der Waals surface area contributed by atoms with Crippen molar-refractivity contribution in [1.29, 1.82) is 0 Å². The Bertz CT molecular complexity index is 139. The van der Waals surface area contributed by atoms with Crippen LogP contribution in [0.1, 0.15) is 40.0 Å². The molecule has 2 nitrogen and oxygen atoms in total. The van der Waals surface area contributed by atoms with Gasteiger partial charge in [-0.25, -0.2) is 0 Å². The SMILES string of the molecule is COC(CC(C)CCC(C)(C)S)OC. The average Bonchev–Trinajstić information content (AvgIpc) is 2.09. The van der Waals surface area contributed by atoms with Gasteiger partial charge in [0.25, 0.3) is 0 Å². The van der Waals surface area contributed by atoms with E-state index in [0.29, 0.717) is 5.92 Å². The minimum Gasteiger partial charge on any atom is -0.356 e. The van der Waals surface area contributed by atoms with Crippen molar-refractivity contribution in [3.05, 3.63) is 0 Å². The van der Waals surface area contributed by atoms with E-state index < -0.39 is 0 Å². The summed E-state index contributed by atoms with van der Waals surface area (Å²) >= 11 is 4.50. The Labute approximate surface area is 93.8 Å². The van der Waals surface area contributed by atoms with Gasteiger partial charge in [0, 0.05) is 25.4 Å². The summed E-state index contributed by atoms with van der Waals surface area (Å²) < 4.78 is 10.5. The number of hydrogen-bond donors (Lipinski definition) is 1. The third kappa shape index (κ3) is 7.65. The Hall–Kier alpha value is 0.270. The summed E-state index contributed by atoms with van der Waals surface area (Å²) in [5.74, 6) is 0.617. The molecule has 0 radical (unpaired) electrons. The summed E-state index contributed by atoms with van der Waals surface area (Å²) in [6.45, 7) is 6.52. The van der Waals surface area contributed by atoms with E-state index in [1.54, 1.807) is 14.2 Å². The molecule has 0 aromatic rings. The van der Waals surface area contributed by atoms with E-state index in [0.717, 1.165) is 12.8 Å². The first kappa shape index (κ1) is 14.3. The minimum atomic E-state index is -0.0620. The first-order valence-electron chi connectivity index (χ1n) is 5.17. The van der Waals surface area contributed by atoms with Gasteiger partial charge < -0.3 is 9.47 Å². The Balaban J connectivity index is 3.69. The predicted molar refractivity (Wildman–Crippen MR) is 63.9 cm³/mol. The van der Waals surface area contributed by atoms with Gasteiger partial charge in [0.1, 0.15) is 0 Å². The fourth-order valence-electron chi connectivity index (χ4n) is 1.33. The number of hydrogen-bond acceptors (Lipinski definition) is 3. The molecule has 3 heteroatoms. The van der Waals surface area contributed by atoms with Crippen molar-refractivity contribution in [2.75, 3.05) is 14.2 Å². The average molecular weight is 220 g/mol. The molecule has 14 heavy (non-hydrogen) atoms. The third-order valence-corrected chi connectivity index (χ3v) is 2.59. The van der Waals surface area contributed by atoms with Crippen molar-refractivity contribution in [3.63, 3.8) is 0 Å². The topological polar surface area (TPSA) is 18.5 Å². The molecule has 0 spiro atoms. The zero-order valence-electron chi connectivity index (χ0n) is 10.0. The quantitative estimate of drug-likeness (QED) is 0.525. The summed E-state index contributed by atoms with van der Waals surface area (Å²) in [7, 11) is 3.37. The minimum absolute atomic E-state index is 0.0620. The highest BCUT2D eigenvalue weighted by Crippen LogP contribution is 2.24. The van der Waals surface area contributed by atoms with Gasteiger partial charge in [-0.3, -0.25) is 0 Å². The van der Waals surface area contributed by atoms with Gasteiger partial charge in [-0.15, -0.1) is 0 Å². The number of methoxy groups -OCH3 is 2. The Morgan fingerprint density at radius 1 is 1.21 bits per heavy atom. The molecular formula is C11H24O2S. The van der Waals surface area contributed by atoms with Crippen molar-refractivity contribution in [1.82, 2.24) is 0 Å². The van der Waals surface area contributed by atoms with Crippen LogP contribution in [0, 0.1) is 5.92 Å². The highest BCUT2D eigenvalue weighted by molar-refractivity contribution is 7.81. The molecule has 0 aliphatic rings. The highest BCUT2D eigenvalue weighted by atomic mass is 32.1. The van der Waals surface area contributed by atoms with Gasteiger partial charge in [0.05, 0.1) is 0 Å². The second-order valence-corrected chi connectivity index (χ2v) is 5.80. The summed E-state index contributed by atoms with van der Waals surface area (Å²) in [6, 6.07) is 0. The van der Waals surface area contributed by atoms with Gasteiger partial charge in [0.15, 0.2) is 6.29 Å². The maximum atomic E-state index is 5.16. The van der Waals surface area contributed by atoms with Crippen molar-refractivity contribution >= 4 is 12.6 Å². The molecule has 0 aliphatic heterocycles. The fraction of sp³-hybridized carbons (Fsp3) is 1.00. The highest BCUT2D eigenvalue weighted by Gasteiger charge is 2.16. The van der Waals surface area contributed by atoms with Crippen LogP contribution in [-0.4, -0.2) is 25.3 Å². The third-order valence-electron chi connectivity index (χ3n) is 2.37. The predicted octanol–water partition coefficient (Wildman–Crippen LogP) is 3.12. The summed E-state index contributed by atoms with van der Waals surface area (Å²) in [5.41, 5.74) is 0. The van der Waals surface area contributed by atoms with Crippen molar-refractivity contribution in [3.8, 4) is 0 Å². The largest absolute Gasteiger partial charge is 0.356 e. The molecule has 0 aromatic heterocycles. The lowest BCUT2D eigenvalue weighted by Gasteiger charge is -2.22. The maximum Gasteiger partial charge on any atom is 0.157 e. The molecule has 0 saturated carbocycles. The smallest absolute Gasteiger partial charge is 0.157 e. The normalized spacial score (nSPS) is 14.8. The van der Waals surface area contributed by atoms with Crippen LogP contribution in [0.2, 0.25) is 0 Å². The van der Waals surface area contributed by atoms with Gasteiger partial charge >= 0.3 is 0 Å². The van der Waals surface area contributed by atoms with Crippen LogP contribution in [0.3, 0.4) is 0 Å². The van der Waals surface area contributed by atoms with E-state index in [2.05, 4.69) is 33.4 Å². The summed E-state index contributed by atoms with van der Waals surface area (Å²) in [6.07, 6.45) is 3.18. The molecule has 0 aliphatic carbocycles. The van der Waals surface area contributed by atoms with E-state index in [-0.39, 0.29) is 11.0 Å². The van der Waals surface area contributed by atoms with Crippen molar-refractivity contribution in [2.24, 2.45) is 5.92 Å². The molecular weight excluding hydrogens is 196 g/mol. The van der Waals surface area contributed by atoms with Crippen LogP contribution in [0.4, 0.5) is 0 Å². The van der Waals surface area contributed by atoms with E-state index in [9.17, 15) is 0 Å². The zero-order valence-corrected chi connectivity index (χ0v) is 10.9. The molecule has 0 saturated heterocycles. The fourth-order valence-corrected chi connectivity index (χ4v) is 1.46. The number of ether oxygens (including phenoxy) is 2. The molecule has 1 unspecified atom stereocenters.